The lowest BCUT2D eigenvalue weighted by atomic mass is 10.1. The summed E-state index contributed by atoms with van der Waals surface area (Å²) in [6, 6.07) is -0.0556. The zero-order valence-corrected chi connectivity index (χ0v) is 7.60. The molecule has 2 N–H and O–H groups in total. The molecule has 0 aromatic rings. The average Bonchev–Trinajstić information content (AvgIpc) is 2.28. The molecule has 12 heavy (non-hydrogen) atoms. The molecule has 0 unspecified atom stereocenters. The molecule has 0 amide bonds. The Hall–Kier alpha value is -0.160. The van der Waals surface area contributed by atoms with Crippen molar-refractivity contribution in [3.05, 3.63) is 0 Å². The molecule has 0 radical (unpaired) electrons. The Morgan fingerprint density at radius 1 is 1.58 bits per heavy atom. The van der Waals surface area contributed by atoms with Crippen LogP contribution < -0.4 is 0 Å². The summed E-state index contributed by atoms with van der Waals surface area (Å²) in [6.45, 7) is 3.08. The van der Waals surface area contributed by atoms with Gasteiger partial charge >= 0.3 is 0 Å². The van der Waals surface area contributed by atoms with Crippen LogP contribution in [-0.4, -0.2) is 60.2 Å². The highest BCUT2D eigenvalue weighted by atomic mass is 16.5. The molecule has 0 aromatic carbocycles. The second-order valence-electron chi connectivity index (χ2n) is 3.18. The van der Waals surface area contributed by atoms with Crippen molar-refractivity contribution in [3.8, 4) is 0 Å². The van der Waals surface area contributed by atoms with E-state index in [2.05, 4.69) is 0 Å². The molecule has 3 atom stereocenters. The molecule has 1 heterocycles. The Labute approximate surface area is 72.7 Å². The normalized spacial score (nSPS) is 37.5. The van der Waals surface area contributed by atoms with Gasteiger partial charge in [-0.05, 0) is 14.0 Å². The second-order valence-corrected chi connectivity index (χ2v) is 3.18. The van der Waals surface area contributed by atoms with Crippen molar-refractivity contribution in [3.63, 3.8) is 0 Å². The molecule has 0 bridgehead atoms. The first kappa shape index (κ1) is 9.92. The van der Waals surface area contributed by atoms with Gasteiger partial charge in [0.2, 0.25) is 0 Å². The van der Waals surface area contributed by atoms with Crippen LogP contribution in [0.2, 0.25) is 0 Å². The van der Waals surface area contributed by atoms with Crippen LogP contribution in [0, 0.1) is 0 Å². The quantitative estimate of drug-likeness (QED) is 0.581. The molecule has 0 saturated carbocycles. The molecule has 0 spiro atoms. The molecule has 1 fully saturated rings. The van der Waals surface area contributed by atoms with E-state index in [1.807, 2.05) is 18.9 Å². The lowest BCUT2D eigenvalue weighted by Gasteiger charge is -2.22. The maximum atomic E-state index is 9.51. The maximum absolute atomic E-state index is 9.51. The van der Waals surface area contributed by atoms with Crippen LogP contribution >= 0.6 is 0 Å². The Morgan fingerprint density at radius 3 is 2.75 bits per heavy atom. The zero-order valence-electron chi connectivity index (χ0n) is 7.60. The van der Waals surface area contributed by atoms with E-state index in [0.29, 0.717) is 13.2 Å². The number of aliphatic hydroxyl groups is 2. The molecule has 4 nitrogen and oxygen atoms in total. The number of aliphatic hydroxyl groups excluding tert-OH is 2. The summed E-state index contributed by atoms with van der Waals surface area (Å²) in [6.07, 6.45) is -0.697. The SMILES string of the molecule is CCO[C@H]1[C@H](O)CN(C)[C@@H]1CO. The monoisotopic (exact) mass is 175 g/mol. The molecule has 1 rings (SSSR count). The van der Waals surface area contributed by atoms with E-state index < -0.39 is 6.10 Å². The third kappa shape index (κ3) is 1.77. The largest absolute Gasteiger partial charge is 0.395 e. The number of ether oxygens (including phenoxy) is 1. The van der Waals surface area contributed by atoms with Crippen molar-refractivity contribution in [1.29, 1.82) is 0 Å². The minimum Gasteiger partial charge on any atom is -0.395 e. The molecule has 1 saturated heterocycles. The summed E-state index contributed by atoms with van der Waals surface area (Å²) in [7, 11) is 1.88. The van der Waals surface area contributed by atoms with Gasteiger partial charge in [0.25, 0.3) is 0 Å². The lowest BCUT2D eigenvalue weighted by Crippen LogP contribution is -2.39. The van der Waals surface area contributed by atoms with E-state index >= 15 is 0 Å². The van der Waals surface area contributed by atoms with E-state index in [0.717, 1.165) is 0 Å². The third-order valence-electron chi connectivity index (χ3n) is 2.35. The minimum absolute atomic E-state index is 0.0399. The van der Waals surface area contributed by atoms with Gasteiger partial charge in [0.15, 0.2) is 0 Å². The Morgan fingerprint density at radius 2 is 2.25 bits per heavy atom. The highest BCUT2D eigenvalue weighted by Crippen LogP contribution is 2.19. The van der Waals surface area contributed by atoms with Crippen LogP contribution in [-0.2, 0) is 4.74 Å². The van der Waals surface area contributed by atoms with Crippen LogP contribution in [0.3, 0.4) is 0 Å². The summed E-state index contributed by atoms with van der Waals surface area (Å²) in [5.41, 5.74) is 0. The molecule has 1 aliphatic heterocycles. The number of likely N-dealkylation sites (tertiary alicyclic amines) is 1. The maximum Gasteiger partial charge on any atom is 0.102 e. The summed E-state index contributed by atoms with van der Waals surface area (Å²) in [4.78, 5) is 1.92. The molecule has 4 heteroatoms. The second kappa shape index (κ2) is 4.18. The average molecular weight is 175 g/mol. The minimum atomic E-state index is -0.466. The number of likely N-dealkylation sites (N-methyl/N-ethyl adjacent to an activating group) is 1. The number of rotatable bonds is 3. The highest BCUT2D eigenvalue weighted by Gasteiger charge is 2.38. The van der Waals surface area contributed by atoms with Crippen LogP contribution in [0.4, 0.5) is 0 Å². The Balaban J connectivity index is 2.55. The predicted octanol–water partition coefficient (Wildman–Crippen LogP) is -0.941. The topological polar surface area (TPSA) is 52.9 Å². The summed E-state index contributed by atoms with van der Waals surface area (Å²) in [5, 5.41) is 18.5. The van der Waals surface area contributed by atoms with Crippen molar-refractivity contribution in [2.24, 2.45) is 0 Å². The van der Waals surface area contributed by atoms with E-state index in [-0.39, 0.29) is 18.8 Å². The van der Waals surface area contributed by atoms with Gasteiger partial charge in [0.1, 0.15) is 6.10 Å². The van der Waals surface area contributed by atoms with Crippen molar-refractivity contribution in [1.82, 2.24) is 4.90 Å². The van der Waals surface area contributed by atoms with Crippen LogP contribution in [0.5, 0.6) is 0 Å². The summed E-state index contributed by atoms with van der Waals surface area (Å²) >= 11 is 0. The number of hydrogen-bond donors (Lipinski definition) is 2. The van der Waals surface area contributed by atoms with Crippen molar-refractivity contribution >= 4 is 0 Å². The molecular weight excluding hydrogens is 158 g/mol. The first-order chi connectivity index (χ1) is 5.70. The van der Waals surface area contributed by atoms with Gasteiger partial charge in [-0.3, -0.25) is 4.90 Å². The smallest absolute Gasteiger partial charge is 0.102 e. The zero-order chi connectivity index (χ0) is 9.14. The fourth-order valence-electron chi connectivity index (χ4n) is 1.70. The van der Waals surface area contributed by atoms with E-state index in [1.54, 1.807) is 0 Å². The van der Waals surface area contributed by atoms with Gasteiger partial charge < -0.3 is 14.9 Å². The standard InChI is InChI=1S/C8H17NO3/c1-3-12-8-6(5-10)9(2)4-7(8)11/h6-8,10-11H,3-5H2,1-2H3/t6-,7-,8-/m1/s1. The molecule has 0 aromatic heterocycles. The number of hydrogen-bond acceptors (Lipinski definition) is 4. The van der Waals surface area contributed by atoms with Gasteiger partial charge in [0, 0.05) is 13.2 Å². The van der Waals surface area contributed by atoms with Crippen LogP contribution in [0.25, 0.3) is 0 Å². The van der Waals surface area contributed by atoms with Gasteiger partial charge in [-0.1, -0.05) is 0 Å². The first-order valence-corrected chi connectivity index (χ1v) is 4.31. The molecule has 72 valence electrons. The van der Waals surface area contributed by atoms with Gasteiger partial charge in [0.05, 0.1) is 18.8 Å². The Kier molecular flexibility index (Phi) is 3.46. The van der Waals surface area contributed by atoms with E-state index in [1.165, 1.54) is 0 Å². The van der Waals surface area contributed by atoms with E-state index in [9.17, 15) is 5.11 Å². The van der Waals surface area contributed by atoms with Crippen molar-refractivity contribution < 1.29 is 14.9 Å². The van der Waals surface area contributed by atoms with Crippen molar-refractivity contribution in [2.45, 2.75) is 25.2 Å². The number of nitrogens with zero attached hydrogens (tertiary/aromatic N) is 1. The van der Waals surface area contributed by atoms with E-state index in [4.69, 9.17) is 9.84 Å². The third-order valence-corrected chi connectivity index (χ3v) is 2.35. The van der Waals surface area contributed by atoms with Crippen LogP contribution in [0.15, 0.2) is 0 Å². The highest BCUT2D eigenvalue weighted by molar-refractivity contribution is 4.92. The summed E-state index contributed by atoms with van der Waals surface area (Å²) < 4.78 is 5.34. The van der Waals surface area contributed by atoms with Gasteiger partial charge in [-0.2, -0.15) is 0 Å². The van der Waals surface area contributed by atoms with Gasteiger partial charge in [-0.15, -0.1) is 0 Å². The molecular formula is C8H17NO3. The molecule has 1 aliphatic rings. The van der Waals surface area contributed by atoms with Crippen LogP contribution in [0.1, 0.15) is 6.92 Å². The Bertz CT molecular complexity index is 142. The molecule has 0 aliphatic carbocycles. The lowest BCUT2D eigenvalue weighted by molar-refractivity contribution is -0.0306. The fourth-order valence-corrected chi connectivity index (χ4v) is 1.70. The summed E-state index contributed by atoms with van der Waals surface area (Å²) in [5.74, 6) is 0. The van der Waals surface area contributed by atoms with Crippen molar-refractivity contribution in [2.75, 3.05) is 26.8 Å². The fraction of sp³-hybridized carbons (Fsp3) is 1.00. The first-order valence-electron chi connectivity index (χ1n) is 4.31. The van der Waals surface area contributed by atoms with Gasteiger partial charge in [-0.25, -0.2) is 0 Å². The number of β-amino-alcohol motifs (C(OH)–C–C–N with tert-alkyl or cyclic N) is 1. The predicted molar refractivity (Wildman–Crippen MR) is 44.9 cm³/mol.